The molecule has 0 atom stereocenters. The summed E-state index contributed by atoms with van der Waals surface area (Å²) in [5.41, 5.74) is 2.81. The van der Waals surface area contributed by atoms with Crippen molar-refractivity contribution in [2.75, 3.05) is 0 Å². The molecule has 2 rings (SSSR count). The molecule has 0 fully saturated rings. The minimum atomic E-state index is -0.147. The van der Waals surface area contributed by atoms with E-state index >= 15 is 0 Å². The number of ketones is 1. The number of halogens is 2. The lowest BCUT2D eigenvalue weighted by Crippen LogP contribution is -2.06. The largest absolute Gasteiger partial charge is 0.287 e. The zero-order valence-electron chi connectivity index (χ0n) is 10.00. The van der Waals surface area contributed by atoms with Crippen LogP contribution in [0.5, 0.6) is 0 Å². The molecule has 0 saturated carbocycles. The van der Waals surface area contributed by atoms with Crippen LogP contribution in [0.15, 0.2) is 30.5 Å². The number of aryl methyl sites for hydroxylation is 2. The van der Waals surface area contributed by atoms with Gasteiger partial charge in [0.1, 0.15) is 5.69 Å². The van der Waals surface area contributed by atoms with Crippen molar-refractivity contribution in [3.8, 4) is 0 Å². The lowest BCUT2D eigenvalue weighted by molar-refractivity contribution is 0.103. The zero-order chi connectivity index (χ0) is 13.3. The molecule has 0 aliphatic carbocycles. The Morgan fingerprint density at radius 1 is 1.11 bits per heavy atom. The number of carbonyl (C=O) groups excluding carboxylic acids is 1. The van der Waals surface area contributed by atoms with Crippen LogP contribution in [0.1, 0.15) is 27.2 Å². The summed E-state index contributed by atoms with van der Waals surface area (Å²) in [6.07, 6.45) is 1.68. The Labute approximate surface area is 116 Å². The predicted octanol–water partition coefficient (Wildman–Crippen LogP) is 4.24. The maximum atomic E-state index is 12.3. The van der Waals surface area contributed by atoms with Crippen LogP contribution in [0.3, 0.4) is 0 Å². The van der Waals surface area contributed by atoms with Gasteiger partial charge in [-0.25, -0.2) is 0 Å². The van der Waals surface area contributed by atoms with Gasteiger partial charge in [0.05, 0.1) is 10.0 Å². The molecule has 0 radical (unpaired) electrons. The Morgan fingerprint density at radius 3 is 2.44 bits per heavy atom. The quantitative estimate of drug-likeness (QED) is 0.770. The molecule has 0 aliphatic rings. The first kappa shape index (κ1) is 13.1. The van der Waals surface area contributed by atoms with Crippen molar-refractivity contribution in [3.63, 3.8) is 0 Å². The van der Waals surface area contributed by atoms with E-state index in [1.807, 2.05) is 19.9 Å². The zero-order valence-corrected chi connectivity index (χ0v) is 11.5. The number of nitrogens with zero attached hydrogens (tertiary/aromatic N) is 1. The van der Waals surface area contributed by atoms with Gasteiger partial charge < -0.3 is 0 Å². The Balaban J connectivity index is 2.44. The molecule has 92 valence electrons. The molecular formula is C14H11Cl2NO. The maximum Gasteiger partial charge on any atom is 0.211 e. The van der Waals surface area contributed by atoms with Crippen LogP contribution in [0, 0.1) is 13.8 Å². The van der Waals surface area contributed by atoms with E-state index in [2.05, 4.69) is 4.98 Å². The predicted molar refractivity (Wildman–Crippen MR) is 73.6 cm³/mol. The number of carbonyl (C=O) groups is 1. The van der Waals surface area contributed by atoms with E-state index in [0.717, 1.165) is 11.1 Å². The molecule has 2 nitrogen and oxygen atoms in total. The third kappa shape index (κ3) is 2.55. The summed E-state index contributed by atoms with van der Waals surface area (Å²) in [6, 6.07) is 6.75. The third-order valence-corrected chi connectivity index (χ3v) is 3.35. The van der Waals surface area contributed by atoms with Crippen LogP contribution in [-0.4, -0.2) is 10.8 Å². The third-order valence-electron chi connectivity index (χ3n) is 2.61. The van der Waals surface area contributed by atoms with Gasteiger partial charge in [0.15, 0.2) is 0 Å². The second-order valence-electron chi connectivity index (χ2n) is 4.14. The van der Waals surface area contributed by atoms with E-state index in [-0.39, 0.29) is 5.78 Å². The van der Waals surface area contributed by atoms with Crippen LogP contribution < -0.4 is 0 Å². The van der Waals surface area contributed by atoms with Crippen molar-refractivity contribution in [2.45, 2.75) is 13.8 Å². The molecular weight excluding hydrogens is 269 g/mol. The second kappa shape index (κ2) is 5.09. The van der Waals surface area contributed by atoms with Crippen LogP contribution >= 0.6 is 23.2 Å². The molecule has 0 saturated heterocycles. The summed E-state index contributed by atoms with van der Waals surface area (Å²) in [5, 5.41) is 0.800. The summed E-state index contributed by atoms with van der Waals surface area (Å²) in [7, 11) is 0. The molecule has 4 heteroatoms. The van der Waals surface area contributed by atoms with Gasteiger partial charge in [0.25, 0.3) is 0 Å². The Bertz CT molecular complexity index is 623. The van der Waals surface area contributed by atoms with Gasteiger partial charge in [0, 0.05) is 11.8 Å². The number of rotatable bonds is 2. The Kier molecular flexibility index (Phi) is 3.69. The van der Waals surface area contributed by atoms with E-state index in [9.17, 15) is 4.79 Å². The number of benzene rings is 1. The summed E-state index contributed by atoms with van der Waals surface area (Å²) in [5.74, 6) is -0.147. The average molecular weight is 280 g/mol. The van der Waals surface area contributed by atoms with Crippen molar-refractivity contribution in [1.82, 2.24) is 4.98 Å². The fourth-order valence-electron chi connectivity index (χ4n) is 1.73. The van der Waals surface area contributed by atoms with Gasteiger partial charge in [0.2, 0.25) is 5.78 Å². The smallest absolute Gasteiger partial charge is 0.211 e. The minimum Gasteiger partial charge on any atom is -0.287 e. The van der Waals surface area contributed by atoms with Crippen molar-refractivity contribution in [3.05, 3.63) is 62.9 Å². The SMILES string of the molecule is Cc1cnc(C(=O)c2ccc(Cl)c(Cl)c2)c(C)c1. The molecule has 18 heavy (non-hydrogen) atoms. The molecule has 0 N–H and O–H groups in total. The highest BCUT2D eigenvalue weighted by Crippen LogP contribution is 2.24. The highest BCUT2D eigenvalue weighted by Gasteiger charge is 2.14. The molecule has 1 aromatic carbocycles. The van der Waals surface area contributed by atoms with Crippen LogP contribution in [-0.2, 0) is 0 Å². The molecule has 0 amide bonds. The minimum absolute atomic E-state index is 0.147. The molecule has 0 spiro atoms. The standard InChI is InChI=1S/C14H11Cl2NO/c1-8-5-9(2)13(17-7-8)14(18)10-3-4-11(15)12(16)6-10/h3-7H,1-2H3. The number of hydrogen-bond acceptors (Lipinski definition) is 2. The van der Waals surface area contributed by atoms with Crippen molar-refractivity contribution >= 4 is 29.0 Å². The number of aromatic nitrogens is 1. The van der Waals surface area contributed by atoms with Crippen molar-refractivity contribution in [1.29, 1.82) is 0 Å². The van der Waals surface area contributed by atoms with E-state index < -0.39 is 0 Å². The molecule has 0 unspecified atom stereocenters. The van der Waals surface area contributed by atoms with E-state index in [1.165, 1.54) is 0 Å². The van der Waals surface area contributed by atoms with Crippen molar-refractivity contribution < 1.29 is 4.79 Å². The topological polar surface area (TPSA) is 30.0 Å². The van der Waals surface area contributed by atoms with Crippen LogP contribution in [0.2, 0.25) is 10.0 Å². The molecule has 2 aromatic rings. The molecule has 1 heterocycles. The first-order chi connectivity index (χ1) is 8.49. The highest BCUT2D eigenvalue weighted by molar-refractivity contribution is 6.42. The Hall–Kier alpha value is -1.38. The van der Waals surface area contributed by atoms with Gasteiger partial charge in [-0.05, 0) is 43.2 Å². The van der Waals surface area contributed by atoms with Gasteiger partial charge in [-0.15, -0.1) is 0 Å². The summed E-state index contributed by atoms with van der Waals surface area (Å²) in [6.45, 7) is 3.80. The van der Waals surface area contributed by atoms with Crippen LogP contribution in [0.25, 0.3) is 0 Å². The fourth-order valence-corrected chi connectivity index (χ4v) is 2.03. The number of hydrogen-bond donors (Lipinski definition) is 0. The summed E-state index contributed by atoms with van der Waals surface area (Å²) in [4.78, 5) is 16.5. The lowest BCUT2D eigenvalue weighted by Gasteiger charge is -2.06. The van der Waals surface area contributed by atoms with E-state index in [4.69, 9.17) is 23.2 Å². The van der Waals surface area contributed by atoms with Gasteiger partial charge in [-0.3, -0.25) is 9.78 Å². The molecule has 1 aromatic heterocycles. The van der Waals surface area contributed by atoms with Crippen LogP contribution in [0.4, 0.5) is 0 Å². The van der Waals surface area contributed by atoms with Crippen molar-refractivity contribution in [2.24, 2.45) is 0 Å². The lowest BCUT2D eigenvalue weighted by atomic mass is 10.0. The maximum absolute atomic E-state index is 12.3. The second-order valence-corrected chi connectivity index (χ2v) is 4.95. The first-order valence-corrected chi connectivity index (χ1v) is 6.17. The normalized spacial score (nSPS) is 10.4. The summed E-state index contributed by atoms with van der Waals surface area (Å²) >= 11 is 11.7. The monoisotopic (exact) mass is 279 g/mol. The van der Waals surface area contributed by atoms with E-state index in [1.54, 1.807) is 24.4 Å². The first-order valence-electron chi connectivity index (χ1n) is 5.42. The molecule has 0 aliphatic heterocycles. The number of pyridine rings is 1. The van der Waals surface area contributed by atoms with Gasteiger partial charge in [-0.2, -0.15) is 0 Å². The molecule has 0 bridgehead atoms. The summed E-state index contributed by atoms with van der Waals surface area (Å²) < 4.78 is 0. The fraction of sp³-hybridized carbons (Fsp3) is 0.143. The highest BCUT2D eigenvalue weighted by atomic mass is 35.5. The van der Waals surface area contributed by atoms with Gasteiger partial charge >= 0.3 is 0 Å². The van der Waals surface area contributed by atoms with Gasteiger partial charge in [-0.1, -0.05) is 29.3 Å². The Morgan fingerprint density at radius 2 is 1.83 bits per heavy atom. The average Bonchev–Trinajstić information content (AvgIpc) is 2.32. The van der Waals surface area contributed by atoms with E-state index in [0.29, 0.717) is 21.3 Å².